The van der Waals surface area contributed by atoms with Gasteiger partial charge in [-0.25, -0.2) is 0 Å². The van der Waals surface area contributed by atoms with Crippen LogP contribution in [0.1, 0.15) is 21.5 Å². The van der Waals surface area contributed by atoms with Crippen LogP contribution in [0, 0.1) is 0 Å². The average Bonchev–Trinajstić information content (AvgIpc) is 2.60. The molecule has 0 aliphatic rings. The van der Waals surface area contributed by atoms with Gasteiger partial charge in [0.1, 0.15) is 16.0 Å². The summed E-state index contributed by atoms with van der Waals surface area (Å²) in [5.74, 6) is 0.927. The second-order valence-electron chi connectivity index (χ2n) is 5.93. The SMILES string of the molecule is COc1cc(C(=O)NCc2ccc(CN(C)C)cc2)cc(OC)c1Br. The van der Waals surface area contributed by atoms with Gasteiger partial charge in [-0.15, -0.1) is 0 Å². The number of nitrogens with one attached hydrogen (secondary N) is 1. The highest BCUT2D eigenvalue weighted by atomic mass is 79.9. The number of nitrogens with zero attached hydrogens (tertiary/aromatic N) is 1. The van der Waals surface area contributed by atoms with Gasteiger partial charge in [-0.2, -0.15) is 0 Å². The van der Waals surface area contributed by atoms with E-state index >= 15 is 0 Å². The Bertz CT molecular complexity index is 705. The van der Waals surface area contributed by atoms with E-state index in [1.807, 2.05) is 26.2 Å². The van der Waals surface area contributed by atoms with Gasteiger partial charge in [-0.3, -0.25) is 4.79 Å². The molecule has 0 spiro atoms. The Morgan fingerprint density at radius 3 is 2.04 bits per heavy atom. The number of halogens is 1. The predicted molar refractivity (Wildman–Crippen MR) is 102 cm³/mol. The van der Waals surface area contributed by atoms with E-state index in [9.17, 15) is 4.79 Å². The first-order chi connectivity index (χ1) is 11.9. The molecule has 134 valence electrons. The van der Waals surface area contributed by atoms with Crippen molar-refractivity contribution in [2.24, 2.45) is 0 Å². The first-order valence-electron chi connectivity index (χ1n) is 7.87. The molecule has 0 saturated carbocycles. The molecule has 0 radical (unpaired) electrons. The van der Waals surface area contributed by atoms with E-state index in [1.165, 1.54) is 5.56 Å². The number of rotatable bonds is 7. The van der Waals surface area contributed by atoms with Gasteiger partial charge in [0.2, 0.25) is 0 Å². The fourth-order valence-corrected chi connectivity index (χ4v) is 2.97. The van der Waals surface area contributed by atoms with Crippen molar-refractivity contribution in [1.29, 1.82) is 0 Å². The first kappa shape index (κ1) is 19.3. The number of methoxy groups -OCH3 is 2. The molecule has 2 aromatic carbocycles. The summed E-state index contributed by atoms with van der Waals surface area (Å²) in [5, 5.41) is 2.92. The number of amides is 1. The van der Waals surface area contributed by atoms with Crippen molar-refractivity contribution in [3.8, 4) is 11.5 Å². The molecule has 5 nitrogen and oxygen atoms in total. The van der Waals surface area contributed by atoms with Gasteiger partial charge in [0.05, 0.1) is 14.2 Å². The monoisotopic (exact) mass is 406 g/mol. The molecule has 0 unspecified atom stereocenters. The van der Waals surface area contributed by atoms with Crippen LogP contribution in [0.15, 0.2) is 40.9 Å². The van der Waals surface area contributed by atoms with Crippen molar-refractivity contribution in [1.82, 2.24) is 10.2 Å². The summed E-state index contributed by atoms with van der Waals surface area (Å²) >= 11 is 3.40. The van der Waals surface area contributed by atoms with E-state index in [0.717, 1.165) is 12.1 Å². The smallest absolute Gasteiger partial charge is 0.251 e. The maximum atomic E-state index is 12.4. The molecule has 2 rings (SSSR count). The lowest BCUT2D eigenvalue weighted by Gasteiger charge is -2.12. The summed E-state index contributed by atoms with van der Waals surface area (Å²) < 4.78 is 11.2. The maximum Gasteiger partial charge on any atom is 0.251 e. The van der Waals surface area contributed by atoms with Crippen LogP contribution in [0.2, 0.25) is 0 Å². The standard InChI is InChI=1S/C19H23BrN2O3/c1-22(2)12-14-7-5-13(6-8-14)11-21-19(23)15-9-16(24-3)18(20)17(10-15)25-4/h5-10H,11-12H2,1-4H3,(H,21,23). The van der Waals surface area contributed by atoms with Gasteiger partial charge < -0.3 is 19.7 Å². The molecule has 1 N–H and O–H groups in total. The maximum absolute atomic E-state index is 12.4. The lowest BCUT2D eigenvalue weighted by atomic mass is 10.1. The predicted octanol–water partition coefficient (Wildman–Crippen LogP) is 3.46. The summed E-state index contributed by atoms with van der Waals surface area (Å²) in [7, 11) is 7.18. The van der Waals surface area contributed by atoms with Crippen LogP contribution in [-0.2, 0) is 13.1 Å². The van der Waals surface area contributed by atoms with E-state index in [0.29, 0.717) is 28.1 Å². The van der Waals surface area contributed by atoms with Crippen molar-refractivity contribution in [3.05, 3.63) is 57.6 Å². The van der Waals surface area contributed by atoms with Crippen LogP contribution in [-0.4, -0.2) is 39.1 Å². The highest BCUT2D eigenvalue weighted by molar-refractivity contribution is 9.10. The minimum absolute atomic E-state index is 0.179. The largest absolute Gasteiger partial charge is 0.495 e. The van der Waals surface area contributed by atoms with Crippen molar-refractivity contribution in [2.45, 2.75) is 13.1 Å². The quantitative estimate of drug-likeness (QED) is 0.764. The Labute approximate surface area is 157 Å². The topological polar surface area (TPSA) is 50.8 Å². The zero-order chi connectivity index (χ0) is 18.4. The lowest BCUT2D eigenvalue weighted by molar-refractivity contribution is 0.0950. The number of hydrogen-bond donors (Lipinski definition) is 1. The third kappa shape index (κ3) is 5.21. The zero-order valence-corrected chi connectivity index (χ0v) is 16.5. The molecule has 0 fully saturated rings. The second-order valence-corrected chi connectivity index (χ2v) is 6.72. The molecule has 2 aromatic rings. The van der Waals surface area contributed by atoms with Crippen LogP contribution >= 0.6 is 15.9 Å². The molecule has 0 aliphatic heterocycles. The molecule has 0 aromatic heterocycles. The Kier molecular flexibility index (Phi) is 6.84. The Balaban J connectivity index is 2.05. The third-order valence-corrected chi connectivity index (χ3v) is 4.46. The summed E-state index contributed by atoms with van der Waals surface area (Å²) in [5.41, 5.74) is 2.77. The number of hydrogen-bond acceptors (Lipinski definition) is 4. The van der Waals surface area contributed by atoms with E-state index in [4.69, 9.17) is 9.47 Å². The van der Waals surface area contributed by atoms with Crippen LogP contribution in [0.3, 0.4) is 0 Å². The van der Waals surface area contributed by atoms with Gasteiger partial charge in [0, 0.05) is 18.7 Å². The van der Waals surface area contributed by atoms with Crippen molar-refractivity contribution in [3.63, 3.8) is 0 Å². The Morgan fingerprint density at radius 2 is 1.56 bits per heavy atom. The number of ether oxygens (including phenoxy) is 2. The highest BCUT2D eigenvalue weighted by Gasteiger charge is 2.14. The highest BCUT2D eigenvalue weighted by Crippen LogP contribution is 2.35. The van der Waals surface area contributed by atoms with Gasteiger partial charge in [0.25, 0.3) is 5.91 Å². The molecule has 0 atom stereocenters. The lowest BCUT2D eigenvalue weighted by Crippen LogP contribution is -2.23. The van der Waals surface area contributed by atoms with Crippen molar-refractivity contribution < 1.29 is 14.3 Å². The molecule has 6 heteroatoms. The Hall–Kier alpha value is -2.05. The van der Waals surface area contributed by atoms with Gasteiger partial charge in [-0.1, -0.05) is 24.3 Å². The molecule has 25 heavy (non-hydrogen) atoms. The van der Waals surface area contributed by atoms with E-state index in [2.05, 4.69) is 38.3 Å². The number of carbonyl (C=O) groups is 1. The number of carbonyl (C=O) groups excluding carboxylic acids is 1. The van der Waals surface area contributed by atoms with E-state index in [1.54, 1.807) is 26.4 Å². The molecule has 0 heterocycles. The fourth-order valence-electron chi connectivity index (χ4n) is 2.41. The van der Waals surface area contributed by atoms with E-state index in [-0.39, 0.29) is 5.91 Å². The minimum atomic E-state index is -0.179. The van der Waals surface area contributed by atoms with Crippen LogP contribution in [0.5, 0.6) is 11.5 Å². The third-order valence-electron chi connectivity index (χ3n) is 3.68. The van der Waals surface area contributed by atoms with Gasteiger partial charge in [-0.05, 0) is 53.3 Å². The normalized spacial score (nSPS) is 10.6. The van der Waals surface area contributed by atoms with Crippen molar-refractivity contribution in [2.75, 3.05) is 28.3 Å². The average molecular weight is 407 g/mol. The Morgan fingerprint density at radius 1 is 1.04 bits per heavy atom. The van der Waals surface area contributed by atoms with E-state index < -0.39 is 0 Å². The summed E-state index contributed by atoms with van der Waals surface area (Å²) in [6.07, 6.45) is 0. The molecular formula is C19H23BrN2O3. The molecule has 0 bridgehead atoms. The molecular weight excluding hydrogens is 384 g/mol. The molecule has 0 saturated heterocycles. The summed E-state index contributed by atoms with van der Waals surface area (Å²) in [6, 6.07) is 11.6. The number of benzene rings is 2. The van der Waals surface area contributed by atoms with Gasteiger partial charge in [0.15, 0.2) is 0 Å². The molecule has 0 aliphatic carbocycles. The minimum Gasteiger partial charge on any atom is -0.495 e. The fraction of sp³-hybridized carbons (Fsp3) is 0.316. The zero-order valence-electron chi connectivity index (χ0n) is 14.9. The summed E-state index contributed by atoms with van der Waals surface area (Å²) in [4.78, 5) is 14.5. The molecule has 1 amide bonds. The summed E-state index contributed by atoms with van der Waals surface area (Å²) in [6.45, 7) is 1.35. The second kappa shape index (κ2) is 8.87. The first-order valence-corrected chi connectivity index (χ1v) is 8.66. The van der Waals surface area contributed by atoms with Crippen LogP contribution in [0.4, 0.5) is 0 Å². The van der Waals surface area contributed by atoms with Crippen LogP contribution in [0.25, 0.3) is 0 Å². The van der Waals surface area contributed by atoms with Crippen LogP contribution < -0.4 is 14.8 Å². The van der Waals surface area contributed by atoms with Crippen molar-refractivity contribution >= 4 is 21.8 Å². The van der Waals surface area contributed by atoms with Gasteiger partial charge >= 0.3 is 0 Å².